The number of hydrogen-bond donors (Lipinski definition) is 1. The van der Waals surface area contributed by atoms with Gasteiger partial charge in [-0.15, -0.1) is 0 Å². The Morgan fingerprint density at radius 3 is 2.74 bits per heavy atom. The van der Waals surface area contributed by atoms with Gasteiger partial charge in [0.25, 0.3) is 0 Å². The fraction of sp³-hybridized carbons (Fsp3) is 0.125. The second kappa shape index (κ2) is 4.78. The molecule has 0 aliphatic heterocycles. The van der Waals surface area contributed by atoms with Crippen molar-refractivity contribution in [2.45, 2.75) is 13.0 Å². The molecule has 0 aliphatic rings. The van der Waals surface area contributed by atoms with Crippen molar-refractivity contribution in [3.63, 3.8) is 0 Å². The summed E-state index contributed by atoms with van der Waals surface area (Å²) in [6.07, 6.45) is 2.68. The number of pyridine rings is 2. The van der Waals surface area contributed by atoms with Crippen molar-refractivity contribution < 1.29 is 5.11 Å². The van der Waals surface area contributed by atoms with Crippen LogP contribution in [0.1, 0.15) is 22.9 Å². The SMILES string of the molecule is Cc1ccncc1C(O)c1ccc2ccccc2n1. The maximum atomic E-state index is 10.4. The van der Waals surface area contributed by atoms with E-state index in [4.69, 9.17) is 0 Å². The lowest BCUT2D eigenvalue weighted by Crippen LogP contribution is -2.04. The molecule has 2 heterocycles. The number of aliphatic hydroxyl groups excluding tert-OH is 1. The van der Waals surface area contributed by atoms with E-state index in [1.165, 1.54) is 0 Å². The molecule has 94 valence electrons. The Kier molecular flexibility index (Phi) is 2.97. The van der Waals surface area contributed by atoms with Gasteiger partial charge in [0.2, 0.25) is 0 Å². The van der Waals surface area contributed by atoms with E-state index in [2.05, 4.69) is 9.97 Å². The van der Waals surface area contributed by atoms with Crippen LogP contribution in [-0.4, -0.2) is 15.1 Å². The molecule has 1 unspecified atom stereocenters. The van der Waals surface area contributed by atoms with Gasteiger partial charge in [0.05, 0.1) is 11.2 Å². The molecular weight excluding hydrogens is 236 g/mol. The number of nitrogens with zero attached hydrogens (tertiary/aromatic N) is 2. The molecule has 2 aromatic heterocycles. The van der Waals surface area contributed by atoms with Gasteiger partial charge in [-0.1, -0.05) is 24.3 Å². The number of rotatable bonds is 2. The molecule has 1 N–H and O–H groups in total. The summed E-state index contributed by atoms with van der Waals surface area (Å²) in [5.74, 6) is 0. The Morgan fingerprint density at radius 1 is 1.05 bits per heavy atom. The highest BCUT2D eigenvalue weighted by Crippen LogP contribution is 2.24. The standard InChI is InChI=1S/C16H14N2O/c1-11-8-9-17-10-13(11)16(19)15-7-6-12-4-2-3-5-14(12)18-15/h2-10,16,19H,1H3. The molecule has 19 heavy (non-hydrogen) atoms. The van der Waals surface area contributed by atoms with Gasteiger partial charge < -0.3 is 5.11 Å². The molecule has 1 atom stereocenters. The van der Waals surface area contributed by atoms with Crippen LogP contribution in [-0.2, 0) is 0 Å². The van der Waals surface area contributed by atoms with Gasteiger partial charge in [0.15, 0.2) is 0 Å². The molecule has 0 aliphatic carbocycles. The second-order valence-corrected chi connectivity index (χ2v) is 4.56. The average Bonchev–Trinajstić information content (AvgIpc) is 2.46. The van der Waals surface area contributed by atoms with Crippen molar-refractivity contribution in [3.8, 4) is 0 Å². The monoisotopic (exact) mass is 250 g/mol. The fourth-order valence-corrected chi connectivity index (χ4v) is 2.16. The third-order valence-electron chi connectivity index (χ3n) is 3.27. The van der Waals surface area contributed by atoms with Crippen molar-refractivity contribution >= 4 is 10.9 Å². The fourth-order valence-electron chi connectivity index (χ4n) is 2.16. The second-order valence-electron chi connectivity index (χ2n) is 4.56. The molecule has 3 heteroatoms. The first kappa shape index (κ1) is 11.8. The lowest BCUT2D eigenvalue weighted by Gasteiger charge is -2.13. The first-order valence-corrected chi connectivity index (χ1v) is 6.20. The first-order chi connectivity index (χ1) is 9.25. The first-order valence-electron chi connectivity index (χ1n) is 6.20. The summed E-state index contributed by atoms with van der Waals surface area (Å²) < 4.78 is 0. The third-order valence-corrected chi connectivity index (χ3v) is 3.27. The minimum Gasteiger partial charge on any atom is -0.382 e. The van der Waals surface area contributed by atoms with Crippen molar-refractivity contribution in [2.24, 2.45) is 0 Å². The maximum absolute atomic E-state index is 10.4. The van der Waals surface area contributed by atoms with Gasteiger partial charge in [-0.2, -0.15) is 0 Å². The summed E-state index contributed by atoms with van der Waals surface area (Å²) >= 11 is 0. The van der Waals surface area contributed by atoms with E-state index in [1.807, 2.05) is 49.4 Å². The largest absolute Gasteiger partial charge is 0.382 e. The van der Waals surface area contributed by atoms with Crippen LogP contribution in [0.2, 0.25) is 0 Å². The molecule has 0 saturated carbocycles. The molecule has 1 aromatic carbocycles. The Balaban J connectivity index is 2.07. The van der Waals surface area contributed by atoms with Crippen LogP contribution in [0, 0.1) is 6.92 Å². The number of benzene rings is 1. The van der Waals surface area contributed by atoms with Crippen molar-refractivity contribution in [3.05, 3.63) is 71.7 Å². The number of aromatic nitrogens is 2. The quantitative estimate of drug-likeness (QED) is 0.760. The summed E-state index contributed by atoms with van der Waals surface area (Å²) in [5.41, 5.74) is 3.35. The van der Waals surface area contributed by atoms with Crippen molar-refractivity contribution in [1.82, 2.24) is 9.97 Å². The number of fused-ring (bicyclic) bond motifs is 1. The van der Waals surface area contributed by atoms with Crippen LogP contribution in [0.25, 0.3) is 10.9 Å². The van der Waals surface area contributed by atoms with Crippen molar-refractivity contribution in [1.29, 1.82) is 0 Å². The minimum atomic E-state index is -0.738. The zero-order valence-electron chi connectivity index (χ0n) is 10.6. The van der Waals surface area contributed by atoms with Gasteiger partial charge in [-0.25, -0.2) is 4.98 Å². The molecule has 0 fully saturated rings. The van der Waals surface area contributed by atoms with Gasteiger partial charge in [-0.3, -0.25) is 4.98 Å². The Hall–Kier alpha value is -2.26. The molecule has 3 nitrogen and oxygen atoms in total. The molecule has 0 radical (unpaired) electrons. The lowest BCUT2D eigenvalue weighted by molar-refractivity contribution is 0.214. The van der Waals surface area contributed by atoms with E-state index >= 15 is 0 Å². The van der Waals surface area contributed by atoms with E-state index in [-0.39, 0.29) is 0 Å². The van der Waals surface area contributed by atoms with Gasteiger partial charge >= 0.3 is 0 Å². The molecular formula is C16H14N2O. The van der Waals surface area contributed by atoms with E-state index < -0.39 is 6.10 Å². The lowest BCUT2D eigenvalue weighted by atomic mass is 10.0. The summed E-state index contributed by atoms with van der Waals surface area (Å²) in [4.78, 5) is 8.58. The van der Waals surface area contributed by atoms with Crippen molar-refractivity contribution in [2.75, 3.05) is 0 Å². The summed E-state index contributed by atoms with van der Waals surface area (Å²) in [7, 11) is 0. The van der Waals surface area contributed by atoms with E-state index in [0.717, 1.165) is 22.0 Å². The smallest absolute Gasteiger partial charge is 0.123 e. The summed E-state index contributed by atoms with van der Waals surface area (Å²) in [6, 6.07) is 13.6. The number of para-hydroxylation sites is 1. The zero-order chi connectivity index (χ0) is 13.2. The van der Waals surface area contributed by atoms with Crippen LogP contribution in [0.4, 0.5) is 0 Å². The molecule has 3 aromatic rings. The molecule has 0 bridgehead atoms. The molecule has 0 amide bonds. The molecule has 3 rings (SSSR count). The maximum Gasteiger partial charge on any atom is 0.123 e. The Bertz CT molecular complexity index is 725. The minimum absolute atomic E-state index is 0.648. The summed E-state index contributed by atoms with van der Waals surface area (Å²) in [6.45, 7) is 1.96. The molecule has 0 spiro atoms. The number of aryl methyl sites for hydroxylation is 1. The predicted molar refractivity (Wildman–Crippen MR) is 74.8 cm³/mol. The highest BCUT2D eigenvalue weighted by molar-refractivity contribution is 5.78. The van der Waals surface area contributed by atoms with Gasteiger partial charge in [-0.05, 0) is 30.7 Å². The zero-order valence-corrected chi connectivity index (χ0v) is 10.6. The van der Waals surface area contributed by atoms with Gasteiger partial charge in [0, 0.05) is 23.3 Å². The predicted octanol–water partition coefficient (Wildman–Crippen LogP) is 3.02. The van der Waals surface area contributed by atoms with Crippen LogP contribution in [0.3, 0.4) is 0 Å². The average molecular weight is 250 g/mol. The number of aliphatic hydroxyl groups is 1. The third kappa shape index (κ3) is 2.20. The molecule has 0 saturated heterocycles. The van der Waals surface area contributed by atoms with Crippen LogP contribution in [0.15, 0.2) is 54.9 Å². The topological polar surface area (TPSA) is 46.0 Å². The van der Waals surface area contributed by atoms with E-state index in [0.29, 0.717) is 5.69 Å². The van der Waals surface area contributed by atoms with Crippen LogP contribution in [0.5, 0.6) is 0 Å². The van der Waals surface area contributed by atoms with Crippen LogP contribution < -0.4 is 0 Å². The van der Waals surface area contributed by atoms with E-state index in [1.54, 1.807) is 12.4 Å². The highest BCUT2D eigenvalue weighted by Gasteiger charge is 2.14. The Labute approximate surface area is 111 Å². The highest BCUT2D eigenvalue weighted by atomic mass is 16.3. The van der Waals surface area contributed by atoms with Gasteiger partial charge in [0.1, 0.15) is 6.10 Å². The Morgan fingerprint density at radius 2 is 1.89 bits per heavy atom. The summed E-state index contributed by atoms with van der Waals surface area (Å²) in [5, 5.41) is 11.5. The van der Waals surface area contributed by atoms with E-state index in [9.17, 15) is 5.11 Å². The van der Waals surface area contributed by atoms with Crippen LogP contribution >= 0.6 is 0 Å². The normalized spacial score (nSPS) is 12.5. The number of hydrogen-bond acceptors (Lipinski definition) is 3.